The summed E-state index contributed by atoms with van der Waals surface area (Å²) in [6.45, 7) is 1.69. The van der Waals surface area contributed by atoms with E-state index in [9.17, 15) is 27.1 Å². The van der Waals surface area contributed by atoms with E-state index in [4.69, 9.17) is 4.74 Å². The fourth-order valence-electron chi connectivity index (χ4n) is 5.32. The summed E-state index contributed by atoms with van der Waals surface area (Å²) in [7, 11) is 0. The van der Waals surface area contributed by atoms with Gasteiger partial charge in [0.1, 0.15) is 6.10 Å². The third-order valence-electron chi connectivity index (χ3n) is 7.61. The zero-order chi connectivity index (χ0) is 27.1. The highest BCUT2D eigenvalue weighted by Crippen LogP contribution is 2.43. The molecule has 1 N–H and O–H groups in total. The second kappa shape index (κ2) is 10.6. The van der Waals surface area contributed by atoms with Crippen LogP contribution in [-0.4, -0.2) is 11.7 Å². The van der Waals surface area contributed by atoms with E-state index < -0.39 is 47.1 Å². The summed E-state index contributed by atoms with van der Waals surface area (Å²) in [4.78, 5) is 0. The van der Waals surface area contributed by atoms with Crippen LogP contribution in [0.3, 0.4) is 0 Å². The Hall–Kier alpha value is -3.10. The van der Waals surface area contributed by atoms with Crippen LogP contribution in [0.1, 0.15) is 90.0 Å². The van der Waals surface area contributed by atoms with Gasteiger partial charge in [-0.25, -0.2) is 26.3 Å². The number of hydrogen-bond donors (Lipinski definition) is 1. The molecule has 8 heteroatoms. The molecule has 3 aromatic carbocycles. The largest absolute Gasteiger partial charge is 0.389 e. The van der Waals surface area contributed by atoms with Gasteiger partial charge in [0.25, 0.3) is 0 Å². The van der Waals surface area contributed by atoms with E-state index in [0.717, 1.165) is 0 Å². The van der Waals surface area contributed by atoms with Gasteiger partial charge >= 0.3 is 0 Å². The molecule has 3 aromatic rings. The van der Waals surface area contributed by atoms with Gasteiger partial charge in [-0.2, -0.15) is 0 Å². The fourth-order valence-corrected chi connectivity index (χ4v) is 5.32. The lowest BCUT2D eigenvalue weighted by molar-refractivity contribution is 0.192. The van der Waals surface area contributed by atoms with Crippen molar-refractivity contribution >= 4 is 12.2 Å². The van der Waals surface area contributed by atoms with Crippen LogP contribution in [-0.2, 0) is 4.74 Å². The van der Waals surface area contributed by atoms with Gasteiger partial charge in [0, 0.05) is 22.3 Å². The van der Waals surface area contributed by atoms with Crippen molar-refractivity contribution in [2.24, 2.45) is 0 Å². The van der Waals surface area contributed by atoms with Crippen LogP contribution < -0.4 is 0 Å². The number of benzene rings is 3. The number of hydrogen-bond acceptors (Lipinski definition) is 2. The summed E-state index contributed by atoms with van der Waals surface area (Å²) in [5, 5.41) is 9.59. The van der Waals surface area contributed by atoms with Crippen molar-refractivity contribution in [3.8, 4) is 0 Å². The average molecular weight is 533 g/mol. The summed E-state index contributed by atoms with van der Waals surface area (Å²) in [6, 6.07) is 8.50. The van der Waals surface area contributed by atoms with Crippen LogP contribution >= 0.6 is 0 Å². The normalized spacial score (nSPS) is 22.2. The Morgan fingerprint density at radius 1 is 0.658 bits per heavy atom. The Morgan fingerprint density at radius 2 is 1.08 bits per heavy atom. The van der Waals surface area contributed by atoms with Gasteiger partial charge in [-0.05, 0) is 55.6 Å². The lowest BCUT2D eigenvalue weighted by Gasteiger charge is -2.30. The molecule has 2 unspecified atom stereocenters. The lowest BCUT2D eigenvalue weighted by Crippen LogP contribution is -2.16. The van der Waals surface area contributed by atoms with Crippen LogP contribution in [0.15, 0.2) is 36.4 Å². The third kappa shape index (κ3) is 4.99. The van der Waals surface area contributed by atoms with Crippen LogP contribution in [0.25, 0.3) is 12.2 Å². The molecule has 2 atom stereocenters. The van der Waals surface area contributed by atoms with Gasteiger partial charge in [-0.1, -0.05) is 48.6 Å². The maximum atomic E-state index is 15.0. The predicted octanol–water partition coefficient (Wildman–Crippen LogP) is 8.26. The molecule has 1 saturated carbocycles. The van der Waals surface area contributed by atoms with Crippen molar-refractivity contribution in [1.82, 2.24) is 0 Å². The maximum Gasteiger partial charge on any atom is 0.166 e. The van der Waals surface area contributed by atoms with Crippen molar-refractivity contribution in [2.45, 2.75) is 56.7 Å². The molecule has 1 heterocycles. The van der Waals surface area contributed by atoms with E-state index in [1.54, 1.807) is 0 Å². The Morgan fingerprint density at radius 3 is 1.55 bits per heavy atom. The summed E-state index contributed by atoms with van der Waals surface area (Å²) in [5.41, 5.74) is 0.230. The average Bonchev–Trinajstić information content (AvgIpc) is 3.74. The first kappa shape index (κ1) is 26.5. The van der Waals surface area contributed by atoms with Crippen LogP contribution in [0.4, 0.5) is 26.3 Å². The Bertz CT molecular complexity index is 1390. The molecule has 2 fully saturated rings. The monoisotopic (exact) mass is 532 g/mol. The van der Waals surface area contributed by atoms with Crippen LogP contribution in [0.5, 0.6) is 0 Å². The molecule has 2 aliphatic rings. The first-order valence-corrected chi connectivity index (χ1v) is 12.6. The summed E-state index contributed by atoms with van der Waals surface area (Å²) < 4.78 is 92.5. The van der Waals surface area contributed by atoms with Crippen molar-refractivity contribution in [1.29, 1.82) is 0 Å². The zero-order valence-corrected chi connectivity index (χ0v) is 20.6. The molecule has 38 heavy (non-hydrogen) atoms. The number of aliphatic hydroxyl groups excluding tert-OH is 1. The maximum absolute atomic E-state index is 15.0. The van der Waals surface area contributed by atoms with Gasteiger partial charge in [0.2, 0.25) is 0 Å². The summed E-state index contributed by atoms with van der Waals surface area (Å²) >= 11 is 0. The standard InChI is InChI=1S/C30H26F6O2/c1-15(37)20-12-13-22(29(35)27(20)33)17-4-2-16(3-5-17)21-10-8-18(25(31)28(21)34)6-7-19-9-11-23(24-14-38-24)30(36)26(19)32/h6-13,15-17,24,37H,2-5,14H2,1H3/b7-6+. The molecule has 0 bridgehead atoms. The Labute approximate surface area is 216 Å². The molecular weight excluding hydrogens is 506 g/mol. The highest BCUT2D eigenvalue weighted by atomic mass is 19.2. The highest BCUT2D eigenvalue weighted by molar-refractivity contribution is 5.70. The molecule has 0 spiro atoms. The number of rotatable bonds is 6. The molecule has 1 aliphatic carbocycles. The predicted molar refractivity (Wildman–Crippen MR) is 131 cm³/mol. The molecule has 0 aromatic heterocycles. The second-order valence-corrected chi connectivity index (χ2v) is 10.00. The van der Waals surface area contributed by atoms with E-state index in [-0.39, 0.29) is 45.2 Å². The second-order valence-electron chi connectivity index (χ2n) is 10.00. The van der Waals surface area contributed by atoms with Gasteiger partial charge < -0.3 is 9.84 Å². The minimum atomic E-state index is -1.13. The third-order valence-corrected chi connectivity index (χ3v) is 7.61. The first-order chi connectivity index (χ1) is 18.2. The summed E-state index contributed by atoms with van der Waals surface area (Å²) in [5.74, 6) is -6.82. The topological polar surface area (TPSA) is 32.8 Å². The van der Waals surface area contributed by atoms with Gasteiger partial charge in [-0.15, -0.1) is 0 Å². The molecule has 2 nitrogen and oxygen atoms in total. The molecule has 0 radical (unpaired) electrons. The zero-order valence-electron chi connectivity index (χ0n) is 20.6. The molecule has 0 amide bonds. The fraction of sp³-hybridized carbons (Fsp3) is 0.333. The quantitative estimate of drug-likeness (QED) is 0.197. The SMILES string of the molecule is CC(O)c1ccc(C2CCC(c3ccc(/C=C/c4ccc(C5CO5)c(F)c4F)c(F)c3F)CC2)c(F)c1F. The highest BCUT2D eigenvalue weighted by Gasteiger charge is 2.31. The van der Waals surface area contributed by atoms with Crippen LogP contribution in [0, 0.1) is 34.9 Å². The van der Waals surface area contributed by atoms with Gasteiger partial charge in [0.15, 0.2) is 34.9 Å². The number of epoxide rings is 1. The first-order valence-electron chi connectivity index (χ1n) is 12.6. The number of ether oxygens (including phenoxy) is 1. The molecule has 1 aliphatic heterocycles. The smallest absolute Gasteiger partial charge is 0.166 e. The molecule has 200 valence electrons. The van der Waals surface area contributed by atoms with E-state index in [0.29, 0.717) is 32.3 Å². The van der Waals surface area contributed by atoms with Gasteiger partial charge in [-0.3, -0.25) is 0 Å². The molecule has 5 rings (SSSR count). The van der Waals surface area contributed by atoms with Crippen molar-refractivity contribution in [3.63, 3.8) is 0 Å². The van der Waals surface area contributed by atoms with E-state index >= 15 is 4.39 Å². The molecular formula is C30H26F6O2. The van der Waals surface area contributed by atoms with E-state index in [1.807, 2.05) is 0 Å². The Kier molecular flexibility index (Phi) is 7.38. The number of halogens is 6. The van der Waals surface area contributed by atoms with Crippen LogP contribution in [0.2, 0.25) is 0 Å². The van der Waals surface area contributed by atoms with Crippen molar-refractivity contribution in [3.05, 3.63) is 105 Å². The minimum absolute atomic E-state index is 0.0979. The van der Waals surface area contributed by atoms with Crippen molar-refractivity contribution < 1.29 is 36.2 Å². The Balaban J connectivity index is 1.29. The minimum Gasteiger partial charge on any atom is -0.389 e. The van der Waals surface area contributed by atoms with E-state index in [2.05, 4.69) is 0 Å². The number of aliphatic hydroxyl groups is 1. The van der Waals surface area contributed by atoms with Crippen molar-refractivity contribution in [2.75, 3.05) is 6.61 Å². The van der Waals surface area contributed by atoms with Gasteiger partial charge in [0.05, 0.1) is 12.7 Å². The lowest BCUT2D eigenvalue weighted by atomic mass is 9.75. The van der Waals surface area contributed by atoms with E-state index in [1.165, 1.54) is 55.5 Å². The summed E-state index contributed by atoms with van der Waals surface area (Å²) in [6.07, 6.45) is 2.64. The molecule has 1 saturated heterocycles.